The number of carbonyl (C=O) groups excluding carboxylic acids is 3. The highest BCUT2D eigenvalue weighted by atomic mass is 16.5. The van der Waals surface area contributed by atoms with Crippen molar-refractivity contribution in [2.24, 2.45) is 0 Å². The number of esters is 1. The van der Waals surface area contributed by atoms with Gasteiger partial charge in [-0.15, -0.1) is 0 Å². The lowest BCUT2D eigenvalue weighted by atomic mass is 10.1. The highest BCUT2D eigenvalue weighted by Crippen LogP contribution is 2.20. The van der Waals surface area contributed by atoms with Gasteiger partial charge in [0.05, 0.1) is 0 Å². The Kier molecular flexibility index (Phi) is 5.78. The van der Waals surface area contributed by atoms with Crippen LogP contribution in [0.2, 0.25) is 0 Å². The van der Waals surface area contributed by atoms with Crippen LogP contribution in [0.15, 0.2) is 18.2 Å². The van der Waals surface area contributed by atoms with Gasteiger partial charge >= 0.3 is 12.0 Å². The van der Waals surface area contributed by atoms with Gasteiger partial charge in [0.1, 0.15) is 11.3 Å². The summed E-state index contributed by atoms with van der Waals surface area (Å²) < 4.78 is 5.01. The zero-order valence-corrected chi connectivity index (χ0v) is 13.8. The van der Waals surface area contributed by atoms with Gasteiger partial charge in [-0.25, -0.2) is 9.59 Å². The molecule has 3 N–H and O–H groups in total. The molecule has 1 saturated carbocycles. The number of aryl methyl sites for hydroxylation is 1. The van der Waals surface area contributed by atoms with Gasteiger partial charge in [-0.05, 0) is 38.8 Å². The Labute approximate surface area is 140 Å². The fourth-order valence-corrected chi connectivity index (χ4v) is 2.60. The first-order valence-electron chi connectivity index (χ1n) is 7.99. The summed E-state index contributed by atoms with van der Waals surface area (Å²) in [4.78, 5) is 35.7. The van der Waals surface area contributed by atoms with Crippen molar-refractivity contribution in [2.75, 3.05) is 0 Å². The van der Waals surface area contributed by atoms with Crippen LogP contribution in [-0.4, -0.2) is 35.2 Å². The lowest BCUT2D eigenvalue weighted by Gasteiger charge is -2.16. The standard InChI is InChI=1S/C17H22N2O5/c1-10-7-8-14(20)13(9-10)16(22)24-11(2)15(21)19-17(23)18-12-5-3-4-6-12/h7-9,11-12,20H,3-6H2,1-2H3,(H2,18,19,21,23)/t11-/m0/s1. The quantitative estimate of drug-likeness (QED) is 0.731. The molecule has 0 aliphatic heterocycles. The number of ether oxygens (including phenoxy) is 1. The van der Waals surface area contributed by atoms with E-state index in [4.69, 9.17) is 4.74 Å². The first-order valence-corrected chi connectivity index (χ1v) is 7.99. The van der Waals surface area contributed by atoms with Crippen LogP contribution in [0, 0.1) is 6.92 Å². The minimum absolute atomic E-state index is 0.0231. The SMILES string of the molecule is Cc1ccc(O)c(C(=O)O[C@@H](C)C(=O)NC(=O)NC2CCCC2)c1. The van der Waals surface area contributed by atoms with Gasteiger partial charge in [-0.3, -0.25) is 10.1 Å². The normalized spacial score (nSPS) is 15.6. The molecule has 0 spiro atoms. The minimum atomic E-state index is -1.16. The van der Waals surface area contributed by atoms with Crippen molar-refractivity contribution in [3.8, 4) is 5.75 Å². The van der Waals surface area contributed by atoms with Gasteiger partial charge in [0.25, 0.3) is 5.91 Å². The van der Waals surface area contributed by atoms with E-state index in [1.807, 2.05) is 0 Å². The molecule has 3 amide bonds. The van der Waals surface area contributed by atoms with E-state index in [1.54, 1.807) is 13.0 Å². The Hall–Kier alpha value is -2.57. The van der Waals surface area contributed by atoms with Crippen LogP contribution >= 0.6 is 0 Å². The van der Waals surface area contributed by atoms with E-state index in [0.29, 0.717) is 0 Å². The van der Waals surface area contributed by atoms with Crippen LogP contribution in [0.4, 0.5) is 4.79 Å². The lowest BCUT2D eigenvalue weighted by molar-refractivity contribution is -0.127. The molecule has 7 heteroatoms. The second-order valence-electron chi connectivity index (χ2n) is 6.01. The van der Waals surface area contributed by atoms with Crippen LogP contribution in [0.1, 0.15) is 48.5 Å². The molecule has 0 aromatic heterocycles. The maximum Gasteiger partial charge on any atom is 0.342 e. The van der Waals surface area contributed by atoms with Crippen LogP contribution in [0.5, 0.6) is 5.75 Å². The van der Waals surface area contributed by atoms with Gasteiger partial charge in [-0.1, -0.05) is 24.5 Å². The number of aromatic hydroxyl groups is 1. The van der Waals surface area contributed by atoms with Crippen molar-refractivity contribution in [2.45, 2.75) is 51.7 Å². The molecule has 1 aliphatic rings. The molecule has 1 aliphatic carbocycles. The van der Waals surface area contributed by atoms with E-state index in [1.165, 1.54) is 19.1 Å². The third-order valence-electron chi connectivity index (χ3n) is 3.95. The van der Waals surface area contributed by atoms with Crippen molar-refractivity contribution >= 4 is 17.9 Å². The number of phenols is 1. The first kappa shape index (κ1) is 17.8. The van der Waals surface area contributed by atoms with E-state index in [-0.39, 0.29) is 17.4 Å². The average Bonchev–Trinajstić information content (AvgIpc) is 3.02. The summed E-state index contributed by atoms with van der Waals surface area (Å²) in [5, 5.41) is 14.6. The third-order valence-corrected chi connectivity index (χ3v) is 3.95. The van der Waals surface area contributed by atoms with Gasteiger partial charge in [0.2, 0.25) is 0 Å². The van der Waals surface area contributed by atoms with Crippen molar-refractivity contribution in [1.82, 2.24) is 10.6 Å². The van der Waals surface area contributed by atoms with Gasteiger partial charge in [-0.2, -0.15) is 0 Å². The summed E-state index contributed by atoms with van der Waals surface area (Å²) in [7, 11) is 0. The molecule has 7 nitrogen and oxygen atoms in total. The molecule has 0 bridgehead atoms. The largest absolute Gasteiger partial charge is 0.507 e. The van der Waals surface area contributed by atoms with Crippen LogP contribution in [0.25, 0.3) is 0 Å². The summed E-state index contributed by atoms with van der Waals surface area (Å²) in [6.07, 6.45) is 2.77. The number of rotatable bonds is 4. The fraction of sp³-hybridized carbons (Fsp3) is 0.471. The smallest absolute Gasteiger partial charge is 0.342 e. The Balaban J connectivity index is 1.87. The second kappa shape index (κ2) is 7.81. The summed E-state index contributed by atoms with van der Waals surface area (Å²) in [6.45, 7) is 3.13. The third kappa shape index (κ3) is 4.71. The predicted octanol–water partition coefficient (Wildman–Crippen LogP) is 2.01. The topological polar surface area (TPSA) is 105 Å². The van der Waals surface area contributed by atoms with Crippen LogP contribution < -0.4 is 10.6 Å². The zero-order chi connectivity index (χ0) is 17.7. The molecule has 1 fully saturated rings. The Morgan fingerprint density at radius 1 is 1.25 bits per heavy atom. The number of amides is 3. The van der Waals surface area contributed by atoms with Crippen LogP contribution in [-0.2, 0) is 9.53 Å². The molecular weight excluding hydrogens is 312 g/mol. The number of imide groups is 1. The number of benzene rings is 1. The predicted molar refractivity (Wildman–Crippen MR) is 86.7 cm³/mol. The van der Waals surface area contributed by atoms with Crippen molar-refractivity contribution in [3.63, 3.8) is 0 Å². The van der Waals surface area contributed by atoms with Crippen LogP contribution in [0.3, 0.4) is 0 Å². The minimum Gasteiger partial charge on any atom is -0.507 e. The van der Waals surface area contributed by atoms with Gasteiger partial charge in [0, 0.05) is 6.04 Å². The molecule has 1 aromatic carbocycles. The van der Waals surface area contributed by atoms with Crippen molar-refractivity contribution in [3.05, 3.63) is 29.3 Å². The van der Waals surface area contributed by atoms with Gasteiger partial charge < -0.3 is 15.2 Å². The Morgan fingerprint density at radius 3 is 2.58 bits per heavy atom. The van der Waals surface area contributed by atoms with E-state index in [2.05, 4.69) is 10.6 Å². The number of carbonyl (C=O) groups is 3. The second-order valence-corrected chi connectivity index (χ2v) is 6.01. The number of hydrogen-bond donors (Lipinski definition) is 3. The molecule has 1 atom stereocenters. The molecule has 2 rings (SSSR count). The summed E-state index contributed by atoms with van der Waals surface area (Å²) in [6, 6.07) is 3.99. The number of nitrogens with one attached hydrogen (secondary N) is 2. The number of hydrogen-bond acceptors (Lipinski definition) is 5. The summed E-state index contributed by atoms with van der Waals surface area (Å²) in [5.74, 6) is -1.77. The highest BCUT2D eigenvalue weighted by Gasteiger charge is 2.24. The van der Waals surface area contributed by atoms with Gasteiger partial charge in [0.15, 0.2) is 6.10 Å². The molecule has 0 saturated heterocycles. The number of urea groups is 1. The fourth-order valence-electron chi connectivity index (χ4n) is 2.60. The maximum atomic E-state index is 12.0. The monoisotopic (exact) mass is 334 g/mol. The molecule has 24 heavy (non-hydrogen) atoms. The molecular formula is C17H22N2O5. The lowest BCUT2D eigenvalue weighted by Crippen LogP contribution is -2.47. The Morgan fingerprint density at radius 2 is 1.92 bits per heavy atom. The average molecular weight is 334 g/mol. The molecule has 0 heterocycles. The first-order chi connectivity index (χ1) is 11.4. The summed E-state index contributed by atoms with van der Waals surface area (Å²) in [5.41, 5.74) is 0.748. The van der Waals surface area contributed by atoms with E-state index >= 15 is 0 Å². The molecule has 130 valence electrons. The van der Waals surface area contributed by atoms with E-state index < -0.39 is 24.0 Å². The Bertz CT molecular complexity index is 638. The van der Waals surface area contributed by atoms with Crippen molar-refractivity contribution in [1.29, 1.82) is 0 Å². The molecule has 0 radical (unpaired) electrons. The van der Waals surface area contributed by atoms with E-state index in [9.17, 15) is 19.5 Å². The van der Waals surface area contributed by atoms with Crippen molar-refractivity contribution < 1.29 is 24.2 Å². The highest BCUT2D eigenvalue weighted by molar-refractivity contribution is 5.99. The summed E-state index contributed by atoms with van der Waals surface area (Å²) >= 11 is 0. The zero-order valence-electron chi connectivity index (χ0n) is 13.8. The maximum absolute atomic E-state index is 12.0. The molecule has 0 unspecified atom stereocenters. The van der Waals surface area contributed by atoms with E-state index in [0.717, 1.165) is 31.2 Å². The number of phenolic OH excluding ortho intramolecular Hbond substituents is 1. The molecule has 1 aromatic rings.